The van der Waals surface area contributed by atoms with Gasteiger partial charge in [0.1, 0.15) is 46.3 Å². The molecule has 1 atom stereocenters. The Morgan fingerprint density at radius 2 is 1.81 bits per heavy atom. The summed E-state index contributed by atoms with van der Waals surface area (Å²) in [5, 5.41) is 24.4. The summed E-state index contributed by atoms with van der Waals surface area (Å²) in [5.41, 5.74) is 9.83. The Hall–Kier alpha value is -6.28. The molecule has 0 bridgehead atoms. The van der Waals surface area contributed by atoms with Gasteiger partial charge in [0, 0.05) is 67.9 Å². The van der Waals surface area contributed by atoms with E-state index in [1.807, 2.05) is 11.8 Å². The van der Waals surface area contributed by atoms with Gasteiger partial charge >= 0.3 is 0 Å². The lowest BCUT2D eigenvalue weighted by Crippen LogP contribution is -2.52. The first-order chi connectivity index (χ1) is 30.5. The number of likely N-dealkylation sites (N-methyl/N-ethyl adjacent to an activating group) is 1. The number of oxazole rings is 1. The molecule has 2 aromatic carbocycles. The number of piperazine rings is 1. The fraction of sp³-hybridized carbons (Fsp3) is 0.370. The van der Waals surface area contributed by atoms with Gasteiger partial charge in [-0.2, -0.15) is 5.26 Å². The minimum atomic E-state index is -0.331. The highest BCUT2D eigenvalue weighted by molar-refractivity contribution is 7.15. The predicted octanol–water partition coefficient (Wildman–Crippen LogP) is 6.27. The number of benzene rings is 2. The van der Waals surface area contributed by atoms with E-state index in [2.05, 4.69) is 79.6 Å². The number of nitrogens with zero attached hydrogens (tertiary/aromatic N) is 9. The Bertz CT molecular complexity index is 2660. The number of thiophene rings is 1. The minimum absolute atomic E-state index is 0.00403. The molecule has 2 fully saturated rings. The Balaban J connectivity index is 0.787. The number of rotatable bonds is 10. The monoisotopic (exact) mass is 885 g/mol. The van der Waals surface area contributed by atoms with Crippen molar-refractivity contribution in [2.75, 3.05) is 33.2 Å². The first kappa shape index (κ1) is 42.0. The fourth-order valence-corrected chi connectivity index (χ4v) is 10.1. The maximum absolute atomic E-state index is 13.6. The molecule has 2 N–H and O–H groups in total. The van der Waals surface area contributed by atoms with Crippen molar-refractivity contribution in [1.29, 1.82) is 5.26 Å². The van der Waals surface area contributed by atoms with E-state index in [4.69, 9.17) is 31.0 Å². The highest BCUT2D eigenvalue weighted by Crippen LogP contribution is 2.39. The van der Waals surface area contributed by atoms with Gasteiger partial charge in [0.15, 0.2) is 11.7 Å². The van der Waals surface area contributed by atoms with E-state index >= 15 is 0 Å². The smallest absolute Gasteiger partial charge is 0.271 e. The zero-order valence-electron chi connectivity index (χ0n) is 35.6. The summed E-state index contributed by atoms with van der Waals surface area (Å²) in [6, 6.07) is 15.5. The summed E-state index contributed by atoms with van der Waals surface area (Å²) in [5.74, 6) is 2.52. The van der Waals surface area contributed by atoms with Crippen LogP contribution in [0.2, 0.25) is 5.02 Å². The largest absolute Gasteiger partial charge is 0.490 e. The van der Waals surface area contributed by atoms with Gasteiger partial charge in [-0.3, -0.25) is 34.5 Å². The fourth-order valence-electron chi connectivity index (χ4n) is 8.69. The van der Waals surface area contributed by atoms with Gasteiger partial charge in [-0.25, -0.2) is 4.98 Å². The van der Waals surface area contributed by atoms with E-state index in [-0.39, 0.29) is 30.0 Å². The molecule has 2 amide bonds. The molecule has 3 aliphatic heterocycles. The van der Waals surface area contributed by atoms with Crippen LogP contribution in [0.25, 0.3) is 5.00 Å². The summed E-state index contributed by atoms with van der Waals surface area (Å²) in [6.07, 6.45) is 10.2. The summed E-state index contributed by atoms with van der Waals surface area (Å²) >= 11 is 7.91. The van der Waals surface area contributed by atoms with Crippen molar-refractivity contribution in [3.05, 3.63) is 134 Å². The molecule has 15 nitrogen and oxygen atoms in total. The van der Waals surface area contributed by atoms with Crippen LogP contribution in [0.5, 0.6) is 5.75 Å². The molecule has 6 heterocycles. The molecule has 5 aromatic rings. The zero-order valence-corrected chi connectivity index (χ0v) is 37.2. The number of nitriles is 1. The van der Waals surface area contributed by atoms with Crippen molar-refractivity contribution in [1.82, 2.24) is 45.3 Å². The van der Waals surface area contributed by atoms with Crippen LogP contribution in [-0.2, 0) is 22.6 Å². The molecule has 1 aliphatic carbocycles. The second-order valence-electron chi connectivity index (χ2n) is 16.4. The van der Waals surface area contributed by atoms with Crippen LogP contribution in [0.4, 0.5) is 0 Å². The van der Waals surface area contributed by atoms with E-state index in [9.17, 15) is 9.59 Å². The van der Waals surface area contributed by atoms with Crippen molar-refractivity contribution >= 4 is 40.5 Å². The number of hydrogen-bond acceptors (Lipinski definition) is 13. The number of hydrazine groups is 1. The number of halogens is 1. The molecule has 1 saturated heterocycles. The standard InChI is InChI=1S/C46H48ClN11O4S/c1-27-28(2)63-46-41(27)42(51-38(24-40-49-17-22-61-40)43-53-52-29(3)58(43)46)31-7-5-30(6-8-31)26-56-18-20-57(21-19-56)45(60)37-15-16-39(55(4)54-37)44(59)50-33-10-13-34(14-11-33)62-35-12-9-32(25-48)36(47)23-35/h5-9,12,15-17,22-23,33-34,38,54H,10-11,13-14,18-21,24,26H2,1-4H3,(H,50,59)/t33?,34?,38-/m0/s1. The number of nitrogens with one attached hydrogen (secondary N) is 2. The lowest BCUT2D eigenvalue weighted by atomic mass is 9.92. The number of aromatic nitrogens is 4. The lowest BCUT2D eigenvalue weighted by molar-refractivity contribution is -0.130. The van der Waals surface area contributed by atoms with Gasteiger partial charge in [-0.05, 0) is 81.9 Å². The van der Waals surface area contributed by atoms with Gasteiger partial charge in [-0.1, -0.05) is 35.9 Å². The molecule has 324 valence electrons. The second kappa shape index (κ2) is 17.8. The maximum Gasteiger partial charge on any atom is 0.271 e. The minimum Gasteiger partial charge on any atom is -0.490 e. The summed E-state index contributed by atoms with van der Waals surface area (Å²) in [4.78, 5) is 42.2. The zero-order chi connectivity index (χ0) is 43.8. The van der Waals surface area contributed by atoms with Crippen molar-refractivity contribution in [3.63, 3.8) is 0 Å². The quantitative estimate of drug-likeness (QED) is 0.162. The highest BCUT2D eigenvalue weighted by Gasteiger charge is 2.33. The number of allylic oxidation sites excluding steroid dienone is 2. The predicted molar refractivity (Wildman–Crippen MR) is 238 cm³/mol. The topological polar surface area (TPSA) is 170 Å². The SMILES string of the molecule is Cc1sc2c(c1C)C(c1ccc(CN3CCN(C(=O)C4=CC=C(C(=O)NC5CCC(Oc6ccc(C#N)c(Cl)c6)CC5)N(C)N4)CC3)cc1)=N[C@@H](Cc1ncco1)c1nnc(C)n1-2. The Kier molecular flexibility index (Phi) is 11.9. The molecular weight excluding hydrogens is 838 g/mol. The number of ether oxygens (including phenoxy) is 1. The first-order valence-corrected chi connectivity index (χ1v) is 22.4. The van der Waals surface area contributed by atoms with Crippen molar-refractivity contribution in [3.8, 4) is 16.8 Å². The average molecular weight is 886 g/mol. The van der Waals surface area contributed by atoms with E-state index in [1.54, 1.807) is 66.2 Å². The summed E-state index contributed by atoms with van der Waals surface area (Å²) < 4.78 is 13.9. The second-order valence-corrected chi connectivity index (χ2v) is 18.0. The Morgan fingerprint density at radius 3 is 2.51 bits per heavy atom. The van der Waals surface area contributed by atoms with Crippen LogP contribution in [0.15, 0.2) is 87.9 Å². The highest BCUT2D eigenvalue weighted by atomic mass is 35.5. The average Bonchev–Trinajstić information content (AvgIpc) is 4.00. The number of carbonyl (C=O) groups excluding carboxylic acids is 2. The van der Waals surface area contributed by atoms with Gasteiger partial charge in [0.05, 0.1) is 35.0 Å². The summed E-state index contributed by atoms with van der Waals surface area (Å²) in [6.45, 7) is 9.69. The van der Waals surface area contributed by atoms with Crippen molar-refractivity contribution in [2.24, 2.45) is 4.99 Å². The van der Waals surface area contributed by atoms with Crippen molar-refractivity contribution in [2.45, 2.75) is 77.6 Å². The number of amides is 2. The van der Waals surface area contributed by atoms with Gasteiger partial charge in [0.25, 0.3) is 11.8 Å². The van der Waals surface area contributed by atoms with Gasteiger partial charge < -0.3 is 19.4 Å². The molecular formula is C46H48ClN11O4S. The Morgan fingerprint density at radius 1 is 1.03 bits per heavy atom. The van der Waals surface area contributed by atoms with Gasteiger partial charge in [-0.15, -0.1) is 21.5 Å². The molecule has 3 aromatic heterocycles. The lowest BCUT2D eigenvalue weighted by Gasteiger charge is -2.36. The number of aliphatic imine (C=N–C) groups is 1. The molecule has 63 heavy (non-hydrogen) atoms. The molecule has 0 spiro atoms. The van der Waals surface area contributed by atoms with Crippen LogP contribution in [0.3, 0.4) is 0 Å². The third-order valence-corrected chi connectivity index (χ3v) is 13.8. The van der Waals surface area contributed by atoms with E-state index in [0.29, 0.717) is 53.1 Å². The normalized spacial score (nSPS) is 20.0. The van der Waals surface area contributed by atoms with Crippen molar-refractivity contribution < 1.29 is 18.7 Å². The van der Waals surface area contributed by atoms with Crippen LogP contribution in [-0.4, -0.2) is 97.5 Å². The van der Waals surface area contributed by atoms with Crippen LogP contribution in [0, 0.1) is 32.1 Å². The van der Waals surface area contributed by atoms with E-state index < -0.39 is 0 Å². The van der Waals surface area contributed by atoms with E-state index in [1.165, 1.54) is 16.0 Å². The molecule has 4 aliphatic rings. The number of fused-ring (bicyclic) bond motifs is 3. The maximum atomic E-state index is 13.6. The Labute approximate surface area is 374 Å². The molecule has 1 saturated carbocycles. The number of aryl methyl sites for hydroxylation is 2. The molecule has 9 rings (SSSR count). The van der Waals surface area contributed by atoms with Crippen LogP contribution in [0.1, 0.15) is 82.0 Å². The third kappa shape index (κ3) is 8.73. The molecule has 17 heteroatoms. The van der Waals surface area contributed by atoms with Crippen LogP contribution < -0.4 is 15.5 Å². The number of carbonyl (C=O) groups is 2. The molecule has 0 unspecified atom stereocenters. The van der Waals surface area contributed by atoms with Gasteiger partial charge in [0.2, 0.25) is 0 Å². The van der Waals surface area contributed by atoms with E-state index in [0.717, 1.165) is 78.8 Å². The van der Waals surface area contributed by atoms with Crippen LogP contribution >= 0.6 is 22.9 Å². The summed E-state index contributed by atoms with van der Waals surface area (Å²) in [7, 11) is 1.75. The molecule has 0 radical (unpaired) electrons. The third-order valence-electron chi connectivity index (χ3n) is 12.3. The number of hydrogen-bond donors (Lipinski definition) is 2. The first-order valence-electron chi connectivity index (χ1n) is 21.2.